The van der Waals surface area contributed by atoms with Crippen molar-refractivity contribution in [3.05, 3.63) is 76.1 Å². The normalized spacial score (nSPS) is 14.2. The third-order valence-corrected chi connectivity index (χ3v) is 5.39. The van der Waals surface area contributed by atoms with Crippen LogP contribution in [-0.4, -0.2) is 46.8 Å². The fourth-order valence-corrected chi connectivity index (χ4v) is 3.69. The minimum absolute atomic E-state index is 0.102. The molecular weight excluding hydrogens is 392 g/mol. The van der Waals surface area contributed by atoms with E-state index in [1.165, 1.54) is 4.68 Å². The lowest BCUT2D eigenvalue weighted by atomic mass is 10.2. The van der Waals surface area contributed by atoms with E-state index in [1.807, 2.05) is 40.1 Å². The molecule has 0 saturated carbocycles. The SMILES string of the molecule is O=C(CCc1ccco1)N1CCN(c2cnn(-c3ccccc3)c(=O)c2Cl)CC1. The summed E-state index contributed by atoms with van der Waals surface area (Å²) in [5.41, 5.74) is 0.914. The number of anilines is 1. The van der Waals surface area contributed by atoms with Crippen LogP contribution in [0.2, 0.25) is 5.02 Å². The van der Waals surface area contributed by atoms with Crippen molar-refractivity contribution >= 4 is 23.2 Å². The maximum atomic E-state index is 12.7. The minimum atomic E-state index is -0.354. The molecule has 0 spiro atoms. The van der Waals surface area contributed by atoms with Crippen molar-refractivity contribution in [2.24, 2.45) is 0 Å². The highest BCUT2D eigenvalue weighted by atomic mass is 35.5. The summed E-state index contributed by atoms with van der Waals surface area (Å²) in [5, 5.41) is 4.42. The molecule has 29 heavy (non-hydrogen) atoms. The predicted molar refractivity (Wildman–Crippen MR) is 111 cm³/mol. The van der Waals surface area contributed by atoms with Crippen molar-refractivity contribution in [2.75, 3.05) is 31.1 Å². The van der Waals surface area contributed by atoms with Crippen molar-refractivity contribution in [1.82, 2.24) is 14.7 Å². The lowest BCUT2D eigenvalue weighted by Crippen LogP contribution is -2.49. The number of halogens is 1. The number of hydrogen-bond donors (Lipinski definition) is 0. The number of aromatic nitrogens is 2. The summed E-state index contributed by atoms with van der Waals surface area (Å²) < 4.78 is 6.57. The van der Waals surface area contributed by atoms with Gasteiger partial charge in [0.1, 0.15) is 10.8 Å². The Balaban J connectivity index is 1.40. The summed E-state index contributed by atoms with van der Waals surface area (Å²) in [4.78, 5) is 28.9. The van der Waals surface area contributed by atoms with Crippen LogP contribution in [0.3, 0.4) is 0 Å². The number of benzene rings is 1. The number of rotatable bonds is 5. The molecule has 0 radical (unpaired) electrons. The molecule has 0 bridgehead atoms. The zero-order valence-corrected chi connectivity index (χ0v) is 16.6. The van der Waals surface area contributed by atoms with Gasteiger partial charge in [0, 0.05) is 39.0 Å². The molecule has 2 aromatic heterocycles. The van der Waals surface area contributed by atoms with Crippen molar-refractivity contribution < 1.29 is 9.21 Å². The summed E-state index contributed by atoms with van der Waals surface area (Å²) in [5.74, 6) is 0.915. The van der Waals surface area contributed by atoms with Crippen LogP contribution in [-0.2, 0) is 11.2 Å². The molecule has 8 heteroatoms. The second kappa shape index (κ2) is 8.53. The quantitative estimate of drug-likeness (QED) is 0.644. The molecule has 0 atom stereocenters. The Morgan fingerprint density at radius 2 is 1.83 bits per heavy atom. The molecule has 1 saturated heterocycles. The first-order chi connectivity index (χ1) is 14.1. The summed E-state index contributed by atoms with van der Waals surface area (Å²) >= 11 is 6.38. The van der Waals surface area contributed by atoms with Crippen LogP contribution in [0.1, 0.15) is 12.2 Å². The van der Waals surface area contributed by atoms with Gasteiger partial charge in [-0.2, -0.15) is 9.78 Å². The van der Waals surface area contributed by atoms with E-state index in [9.17, 15) is 9.59 Å². The van der Waals surface area contributed by atoms with Gasteiger partial charge in [-0.25, -0.2) is 0 Å². The summed E-state index contributed by atoms with van der Waals surface area (Å²) in [6.45, 7) is 2.36. The molecule has 150 valence electrons. The maximum absolute atomic E-state index is 12.7. The van der Waals surface area contributed by atoms with E-state index < -0.39 is 0 Å². The Labute approximate surface area is 173 Å². The molecule has 3 heterocycles. The Morgan fingerprint density at radius 1 is 1.07 bits per heavy atom. The standard InChI is InChI=1S/C21H21ClN4O3/c22-20-18(15-23-26(21(20)28)16-5-2-1-3-6-16)24-10-12-25(13-11-24)19(27)9-8-17-7-4-14-29-17/h1-7,14-15H,8-13H2. The molecule has 1 aliphatic rings. The van der Waals surface area contributed by atoms with Crippen LogP contribution in [0, 0.1) is 0 Å². The van der Waals surface area contributed by atoms with Gasteiger partial charge in [0.2, 0.25) is 5.91 Å². The molecular formula is C21H21ClN4O3. The van der Waals surface area contributed by atoms with Gasteiger partial charge >= 0.3 is 0 Å². The monoisotopic (exact) mass is 412 g/mol. The minimum Gasteiger partial charge on any atom is -0.469 e. The van der Waals surface area contributed by atoms with Crippen molar-refractivity contribution in [1.29, 1.82) is 0 Å². The zero-order valence-electron chi connectivity index (χ0n) is 15.8. The van der Waals surface area contributed by atoms with Gasteiger partial charge in [0.15, 0.2) is 0 Å². The van der Waals surface area contributed by atoms with Crippen LogP contribution in [0.4, 0.5) is 5.69 Å². The smallest absolute Gasteiger partial charge is 0.292 e. The summed E-state index contributed by atoms with van der Waals surface area (Å²) in [7, 11) is 0. The predicted octanol–water partition coefficient (Wildman–Crippen LogP) is 2.76. The molecule has 7 nitrogen and oxygen atoms in total. The second-order valence-electron chi connectivity index (χ2n) is 6.84. The first-order valence-corrected chi connectivity index (χ1v) is 9.89. The van der Waals surface area contributed by atoms with E-state index in [0.29, 0.717) is 50.4 Å². The van der Waals surface area contributed by atoms with Crippen molar-refractivity contribution in [3.8, 4) is 5.69 Å². The van der Waals surface area contributed by atoms with E-state index in [0.717, 1.165) is 5.76 Å². The Kier molecular flexibility index (Phi) is 5.67. The average molecular weight is 413 g/mol. The molecule has 4 rings (SSSR count). The van der Waals surface area contributed by atoms with Crippen molar-refractivity contribution in [2.45, 2.75) is 12.8 Å². The van der Waals surface area contributed by atoms with Crippen LogP contribution < -0.4 is 10.5 Å². The van der Waals surface area contributed by atoms with E-state index in [-0.39, 0.29) is 16.5 Å². The van der Waals surface area contributed by atoms with Crippen LogP contribution in [0.25, 0.3) is 5.69 Å². The number of aryl methyl sites for hydroxylation is 1. The van der Waals surface area contributed by atoms with Crippen LogP contribution >= 0.6 is 11.6 Å². The Morgan fingerprint density at radius 3 is 2.52 bits per heavy atom. The molecule has 1 aliphatic heterocycles. The first-order valence-electron chi connectivity index (χ1n) is 9.52. The van der Waals surface area contributed by atoms with Crippen LogP contribution in [0.5, 0.6) is 0 Å². The van der Waals surface area contributed by atoms with Crippen LogP contribution in [0.15, 0.2) is 64.1 Å². The van der Waals surface area contributed by atoms with Gasteiger partial charge in [0.25, 0.3) is 5.56 Å². The van der Waals surface area contributed by atoms with Gasteiger partial charge in [-0.05, 0) is 24.3 Å². The number of carbonyl (C=O) groups excluding carboxylic acids is 1. The Hall–Kier alpha value is -3.06. The number of nitrogens with zero attached hydrogens (tertiary/aromatic N) is 4. The second-order valence-corrected chi connectivity index (χ2v) is 7.22. The Bertz CT molecular complexity index is 1030. The van der Waals surface area contributed by atoms with E-state index in [1.54, 1.807) is 24.6 Å². The molecule has 0 unspecified atom stereocenters. The molecule has 1 amide bonds. The zero-order chi connectivity index (χ0) is 20.2. The highest BCUT2D eigenvalue weighted by Crippen LogP contribution is 2.23. The molecule has 1 aromatic carbocycles. The largest absolute Gasteiger partial charge is 0.469 e. The number of piperazine rings is 1. The number of para-hydroxylation sites is 1. The average Bonchev–Trinajstić information content (AvgIpc) is 3.28. The molecule has 0 N–H and O–H groups in total. The third-order valence-electron chi connectivity index (χ3n) is 5.04. The maximum Gasteiger partial charge on any atom is 0.292 e. The van der Waals surface area contributed by atoms with Crippen molar-refractivity contribution in [3.63, 3.8) is 0 Å². The summed E-state index contributed by atoms with van der Waals surface area (Å²) in [6, 6.07) is 12.9. The molecule has 3 aromatic rings. The number of amides is 1. The molecule has 0 aliphatic carbocycles. The fraction of sp³-hybridized carbons (Fsp3) is 0.286. The number of hydrogen-bond acceptors (Lipinski definition) is 5. The summed E-state index contributed by atoms with van der Waals surface area (Å²) in [6.07, 6.45) is 4.25. The first kappa shape index (κ1) is 19.3. The topological polar surface area (TPSA) is 71.6 Å². The molecule has 1 fully saturated rings. The fourth-order valence-electron chi connectivity index (χ4n) is 3.44. The third kappa shape index (κ3) is 4.19. The lowest BCUT2D eigenvalue weighted by Gasteiger charge is -2.36. The van der Waals surface area contributed by atoms with E-state index in [4.69, 9.17) is 16.0 Å². The highest BCUT2D eigenvalue weighted by molar-refractivity contribution is 6.33. The lowest BCUT2D eigenvalue weighted by molar-refractivity contribution is -0.131. The van der Waals surface area contributed by atoms with Gasteiger partial charge < -0.3 is 14.2 Å². The number of carbonyl (C=O) groups is 1. The van der Waals surface area contributed by atoms with E-state index >= 15 is 0 Å². The van der Waals surface area contributed by atoms with E-state index in [2.05, 4.69) is 5.10 Å². The number of furan rings is 1. The van der Waals surface area contributed by atoms with Gasteiger partial charge in [-0.3, -0.25) is 9.59 Å². The highest BCUT2D eigenvalue weighted by Gasteiger charge is 2.24. The van der Waals surface area contributed by atoms with Gasteiger partial charge in [0.05, 0.1) is 23.8 Å². The van der Waals surface area contributed by atoms with Gasteiger partial charge in [-0.15, -0.1) is 0 Å². The van der Waals surface area contributed by atoms with Gasteiger partial charge in [-0.1, -0.05) is 29.8 Å².